The number of hydrogen-bond acceptors (Lipinski definition) is 4. The van der Waals surface area contributed by atoms with Crippen molar-refractivity contribution in [1.29, 1.82) is 0 Å². The molecule has 0 bridgehead atoms. The second-order valence-electron chi connectivity index (χ2n) is 3.17. The summed E-state index contributed by atoms with van der Waals surface area (Å²) in [5.41, 5.74) is 0.833. The summed E-state index contributed by atoms with van der Waals surface area (Å²) in [7, 11) is 0. The van der Waals surface area contributed by atoms with Crippen molar-refractivity contribution in [3.8, 4) is 5.75 Å². The number of aliphatic hydroxyl groups is 1. The van der Waals surface area contributed by atoms with E-state index in [1.54, 1.807) is 6.20 Å². The zero-order chi connectivity index (χ0) is 11.4. The van der Waals surface area contributed by atoms with Gasteiger partial charge in [-0.25, -0.2) is 4.98 Å². The Morgan fingerprint density at radius 3 is 3.00 bits per heavy atom. The second kappa shape index (κ2) is 5.30. The van der Waals surface area contributed by atoms with Crippen LogP contribution in [0, 0.1) is 0 Å². The van der Waals surface area contributed by atoms with Gasteiger partial charge in [-0.15, -0.1) is 11.3 Å². The lowest BCUT2D eigenvalue weighted by Gasteiger charge is -2.05. The molecule has 0 fully saturated rings. The summed E-state index contributed by atoms with van der Waals surface area (Å²) < 4.78 is 6.06. The molecule has 0 radical (unpaired) electrons. The van der Waals surface area contributed by atoms with E-state index in [-0.39, 0.29) is 6.61 Å². The molecular formula is C11H10ClNO2S. The summed E-state index contributed by atoms with van der Waals surface area (Å²) in [6, 6.07) is 7.35. The van der Waals surface area contributed by atoms with Crippen molar-refractivity contribution in [2.24, 2.45) is 0 Å². The second-order valence-corrected chi connectivity index (χ2v) is 4.87. The minimum Gasteiger partial charge on any atom is -0.488 e. The van der Waals surface area contributed by atoms with E-state index in [0.29, 0.717) is 11.1 Å². The predicted molar refractivity (Wildman–Crippen MR) is 63.8 cm³/mol. The fourth-order valence-electron chi connectivity index (χ4n) is 1.24. The highest BCUT2D eigenvalue weighted by molar-refractivity contribution is 7.15. The van der Waals surface area contributed by atoms with Crippen LogP contribution in [0.15, 0.2) is 30.5 Å². The monoisotopic (exact) mass is 255 g/mol. The molecule has 0 aliphatic rings. The lowest BCUT2D eigenvalue weighted by molar-refractivity contribution is 0.278. The number of hydrogen-bond donors (Lipinski definition) is 1. The molecule has 0 unspecified atom stereocenters. The fraction of sp³-hybridized carbons (Fsp3) is 0.182. The van der Waals surface area contributed by atoms with Gasteiger partial charge in [-0.1, -0.05) is 23.7 Å². The predicted octanol–water partition coefficient (Wildman–Crippen LogP) is 2.87. The van der Waals surface area contributed by atoms with Crippen LogP contribution >= 0.6 is 22.9 Å². The van der Waals surface area contributed by atoms with Crippen molar-refractivity contribution in [2.75, 3.05) is 0 Å². The molecule has 0 saturated heterocycles. The molecule has 1 aromatic carbocycles. The topological polar surface area (TPSA) is 42.4 Å². The molecule has 0 amide bonds. The van der Waals surface area contributed by atoms with E-state index < -0.39 is 0 Å². The molecular weight excluding hydrogens is 246 g/mol. The molecule has 1 aromatic heterocycles. The van der Waals surface area contributed by atoms with Gasteiger partial charge in [0.1, 0.15) is 12.4 Å². The van der Waals surface area contributed by atoms with Gasteiger partial charge in [0.25, 0.3) is 0 Å². The molecule has 3 nitrogen and oxygen atoms in total. The summed E-state index contributed by atoms with van der Waals surface area (Å²) in [4.78, 5) is 4.90. The third kappa shape index (κ3) is 2.95. The van der Waals surface area contributed by atoms with E-state index in [2.05, 4.69) is 4.98 Å². The molecule has 16 heavy (non-hydrogen) atoms. The number of nitrogens with zero attached hydrogens (tertiary/aromatic N) is 1. The number of rotatable bonds is 4. The molecule has 0 aliphatic heterocycles. The third-order valence-corrected chi connectivity index (χ3v) is 3.08. The van der Waals surface area contributed by atoms with Crippen LogP contribution in [0.1, 0.15) is 10.4 Å². The maximum absolute atomic E-state index is 8.97. The Labute approximate surface area is 102 Å². The molecule has 0 atom stereocenters. The van der Waals surface area contributed by atoms with Gasteiger partial charge in [-0.3, -0.25) is 0 Å². The highest BCUT2D eigenvalue weighted by atomic mass is 35.5. The molecule has 0 spiro atoms. The molecule has 2 aromatic rings. The first kappa shape index (κ1) is 11.4. The van der Waals surface area contributed by atoms with Crippen LogP contribution in [0.4, 0.5) is 0 Å². The zero-order valence-electron chi connectivity index (χ0n) is 8.39. The molecule has 5 heteroatoms. The van der Waals surface area contributed by atoms with E-state index in [9.17, 15) is 0 Å². The maximum Gasteiger partial charge on any atom is 0.183 e. The van der Waals surface area contributed by atoms with Gasteiger partial charge >= 0.3 is 0 Å². The Morgan fingerprint density at radius 1 is 1.44 bits per heavy atom. The molecule has 84 valence electrons. The summed E-state index contributed by atoms with van der Waals surface area (Å²) >= 11 is 7.11. The Kier molecular flexibility index (Phi) is 3.77. The molecule has 2 rings (SSSR count). The van der Waals surface area contributed by atoms with E-state index in [1.165, 1.54) is 11.3 Å². The van der Waals surface area contributed by atoms with Crippen molar-refractivity contribution in [3.05, 3.63) is 45.4 Å². The van der Waals surface area contributed by atoms with Crippen LogP contribution in [0.2, 0.25) is 4.47 Å². The first-order valence-electron chi connectivity index (χ1n) is 4.71. The van der Waals surface area contributed by atoms with Crippen LogP contribution in [0.25, 0.3) is 0 Å². The fourth-order valence-corrected chi connectivity index (χ4v) is 2.13. The minimum absolute atomic E-state index is 0.0174. The van der Waals surface area contributed by atoms with Crippen LogP contribution in [-0.4, -0.2) is 10.1 Å². The van der Waals surface area contributed by atoms with Crippen molar-refractivity contribution < 1.29 is 9.84 Å². The van der Waals surface area contributed by atoms with Gasteiger partial charge in [0.15, 0.2) is 4.47 Å². The van der Waals surface area contributed by atoms with E-state index >= 15 is 0 Å². The van der Waals surface area contributed by atoms with Crippen molar-refractivity contribution in [1.82, 2.24) is 4.98 Å². The Bertz CT molecular complexity index is 473. The summed E-state index contributed by atoms with van der Waals surface area (Å²) in [6.07, 6.45) is 1.70. The van der Waals surface area contributed by atoms with E-state index in [0.717, 1.165) is 16.2 Å². The van der Waals surface area contributed by atoms with E-state index in [1.807, 2.05) is 24.3 Å². The number of aromatic nitrogens is 1. The SMILES string of the molecule is OCc1cccc(OCc2cnc(Cl)s2)c1. The molecule has 0 aliphatic carbocycles. The van der Waals surface area contributed by atoms with E-state index in [4.69, 9.17) is 21.4 Å². The normalized spacial score (nSPS) is 10.4. The van der Waals surface area contributed by atoms with Gasteiger partial charge in [-0.05, 0) is 17.7 Å². The molecule has 0 saturated carbocycles. The number of halogens is 1. The lowest BCUT2D eigenvalue weighted by atomic mass is 10.2. The smallest absolute Gasteiger partial charge is 0.183 e. The summed E-state index contributed by atoms with van der Waals surface area (Å²) in [6.45, 7) is 0.461. The van der Waals surface area contributed by atoms with Gasteiger partial charge < -0.3 is 9.84 Å². The third-order valence-electron chi connectivity index (χ3n) is 1.99. The zero-order valence-corrected chi connectivity index (χ0v) is 9.96. The average molecular weight is 256 g/mol. The largest absolute Gasteiger partial charge is 0.488 e. The van der Waals surface area contributed by atoms with Gasteiger partial charge in [0.2, 0.25) is 0 Å². The van der Waals surface area contributed by atoms with Crippen molar-refractivity contribution >= 4 is 22.9 Å². The molecule has 1 N–H and O–H groups in total. The minimum atomic E-state index is 0.0174. The summed E-state index contributed by atoms with van der Waals surface area (Å²) in [5.74, 6) is 0.732. The standard InChI is InChI=1S/C11H10ClNO2S/c12-11-13-5-10(16-11)7-15-9-3-1-2-8(4-9)6-14/h1-5,14H,6-7H2. The van der Waals surface area contributed by atoms with Gasteiger partial charge in [0.05, 0.1) is 11.5 Å². The van der Waals surface area contributed by atoms with Gasteiger partial charge in [-0.2, -0.15) is 0 Å². The lowest BCUT2D eigenvalue weighted by Crippen LogP contribution is -1.93. The van der Waals surface area contributed by atoms with Crippen molar-refractivity contribution in [2.45, 2.75) is 13.2 Å². The number of aliphatic hydroxyl groups excluding tert-OH is 1. The number of ether oxygens (including phenoxy) is 1. The van der Waals surface area contributed by atoms with Gasteiger partial charge in [0, 0.05) is 6.20 Å². The highest BCUT2D eigenvalue weighted by Gasteiger charge is 2.01. The average Bonchev–Trinajstić information content (AvgIpc) is 2.73. The number of thiazole rings is 1. The maximum atomic E-state index is 8.97. The van der Waals surface area contributed by atoms with Crippen LogP contribution < -0.4 is 4.74 Å². The first-order chi connectivity index (χ1) is 7.78. The molecule has 1 heterocycles. The van der Waals surface area contributed by atoms with Crippen LogP contribution in [0.5, 0.6) is 5.75 Å². The number of benzene rings is 1. The highest BCUT2D eigenvalue weighted by Crippen LogP contribution is 2.20. The Hall–Kier alpha value is -1.10. The van der Waals surface area contributed by atoms with Crippen molar-refractivity contribution in [3.63, 3.8) is 0 Å². The Morgan fingerprint density at radius 2 is 2.31 bits per heavy atom. The van der Waals surface area contributed by atoms with Crippen LogP contribution in [-0.2, 0) is 13.2 Å². The summed E-state index contributed by atoms with van der Waals surface area (Å²) in [5, 5.41) is 8.97. The quantitative estimate of drug-likeness (QED) is 0.914. The Balaban J connectivity index is 1.99. The van der Waals surface area contributed by atoms with Crippen LogP contribution in [0.3, 0.4) is 0 Å². The first-order valence-corrected chi connectivity index (χ1v) is 5.90.